The van der Waals surface area contributed by atoms with Crippen LogP contribution in [0.5, 0.6) is 0 Å². The van der Waals surface area contributed by atoms with Crippen LogP contribution in [-0.4, -0.2) is 17.0 Å². The van der Waals surface area contributed by atoms with E-state index in [1.165, 1.54) is 12.5 Å². The third-order valence-electron chi connectivity index (χ3n) is 5.25. The molecule has 0 bridgehead atoms. The van der Waals surface area contributed by atoms with Gasteiger partial charge in [0.1, 0.15) is 5.84 Å². The summed E-state index contributed by atoms with van der Waals surface area (Å²) in [5, 5.41) is 12.9. The predicted octanol–water partition coefficient (Wildman–Crippen LogP) is 5.67. The van der Waals surface area contributed by atoms with Gasteiger partial charge >= 0.3 is 0 Å². The Morgan fingerprint density at radius 3 is 2.29 bits per heavy atom. The van der Waals surface area contributed by atoms with Crippen molar-refractivity contribution in [3.8, 4) is 0 Å². The number of nitrogens with one attached hydrogen (secondary N) is 2. The van der Waals surface area contributed by atoms with Crippen LogP contribution in [0, 0.1) is 5.92 Å². The summed E-state index contributed by atoms with van der Waals surface area (Å²) in [6, 6.07) is 15.4. The zero-order valence-electron chi connectivity index (χ0n) is 16.0. The second-order valence-corrected chi connectivity index (χ2v) is 7.81. The van der Waals surface area contributed by atoms with Gasteiger partial charge in [0.05, 0.1) is 5.69 Å². The maximum atomic E-state index is 11.1. The van der Waals surface area contributed by atoms with Crippen LogP contribution in [0.3, 0.4) is 0 Å². The molecule has 0 unspecified atom stereocenters. The molecule has 148 valence electrons. The fourth-order valence-corrected chi connectivity index (χ4v) is 3.93. The molecule has 1 amide bonds. The number of rotatable bonds is 5. The zero-order valence-corrected chi connectivity index (χ0v) is 16.7. The highest BCUT2D eigenvalue weighted by Crippen LogP contribution is 2.37. The number of halogens is 1. The Bertz CT molecular complexity index is 811. The minimum atomic E-state index is -0.0539. The largest absolute Gasteiger partial charge is 0.326 e. The first-order chi connectivity index (χ1) is 13.5. The summed E-state index contributed by atoms with van der Waals surface area (Å²) in [4.78, 5) is 15.6. The quantitative estimate of drug-likeness (QED) is 0.344. The smallest absolute Gasteiger partial charge is 0.221 e. The maximum Gasteiger partial charge on any atom is 0.221 e. The monoisotopic (exact) mass is 399 g/mol. The normalized spacial score (nSPS) is 19.9. The van der Waals surface area contributed by atoms with Crippen molar-refractivity contribution >= 4 is 34.7 Å². The first-order valence-corrected chi connectivity index (χ1v) is 10.0. The standard InChI is InChI=1S/C22H26ClN3O2/c1-15(27)24-20-10-6-18(7-11-20)17-4-2-16(3-5-17)14-22(26-28)25-21-12-8-19(23)9-13-21/h6-13,16-17,28H,2-5,14H2,1H3,(H,24,27)(H,25,26). The van der Waals surface area contributed by atoms with Crippen molar-refractivity contribution in [2.24, 2.45) is 10.9 Å². The molecule has 0 spiro atoms. The van der Waals surface area contributed by atoms with E-state index in [1.54, 1.807) is 12.1 Å². The van der Waals surface area contributed by atoms with E-state index >= 15 is 0 Å². The van der Waals surface area contributed by atoms with Crippen LogP contribution in [0.25, 0.3) is 0 Å². The Morgan fingerprint density at radius 1 is 1.07 bits per heavy atom. The SMILES string of the molecule is CC(=O)Nc1ccc(C2CCC(CC(=Nc3ccc(Cl)cc3)NO)CC2)cc1. The van der Waals surface area contributed by atoms with E-state index in [1.807, 2.05) is 24.3 Å². The number of hydrogen-bond acceptors (Lipinski definition) is 3. The lowest BCUT2D eigenvalue weighted by Crippen LogP contribution is -2.24. The Hall–Kier alpha value is -2.37. The van der Waals surface area contributed by atoms with Crippen LogP contribution in [0.2, 0.25) is 5.02 Å². The molecule has 1 aliphatic rings. The summed E-state index contributed by atoms with van der Waals surface area (Å²) in [7, 11) is 0. The van der Waals surface area contributed by atoms with Gasteiger partial charge < -0.3 is 5.32 Å². The van der Waals surface area contributed by atoms with Gasteiger partial charge in [-0.25, -0.2) is 4.99 Å². The zero-order chi connectivity index (χ0) is 19.9. The molecule has 1 saturated carbocycles. The highest BCUT2D eigenvalue weighted by atomic mass is 35.5. The molecular weight excluding hydrogens is 374 g/mol. The molecule has 0 radical (unpaired) electrons. The first kappa shape index (κ1) is 20.4. The van der Waals surface area contributed by atoms with Gasteiger partial charge in [0.25, 0.3) is 0 Å². The number of anilines is 1. The summed E-state index contributed by atoms with van der Waals surface area (Å²) < 4.78 is 0. The number of hydrogen-bond donors (Lipinski definition) is 3. The molecular formula is C22H26ClN3O2. The topological polar surface area (TPSA) is 73.7 Å². The van der Waals surface area contributed by atoms with Crippen LogP contribution in [0.4, 0.5) is 11.4 Å². The van der Waals surface area contributed by atoms with Crippen LogP contribution < -0.4 is 10.8 Å². The highest BCUT2D eigenvalue weighted by Gasteiger charge is 2.23. The van der Waals surface area contributed by atoms with Gasteiger partial charge in [-0.3, -0.25) is 15.5 Å². The van der Waals surface area contributed by atoms with E-state index in [9.17, 15) is 10.0 Å². The fourth-order valence-electron chi connectivity index (χ4n) is 3.80. The molecule has 2 aromatic carbocycles. The Kier molecular flexibility index (Phi) is 7.06. The van der Waals surface area contributed by atoms with Crippen molar-refractivity contribution < 1.29 is 10.0 Å². The average molecular weight is 400 g/mol. The van der Waals surface area contributed by atoms with Crippen molar-refractivity contribution in [3.05, 3.63) is 59.1 Å². The molecule has 1 fully saturated rings. The van der Waals surface area contributed by atoms with Gasteiger partial charge in [-0.05, 0) is 79.5 Å². The van der Waals surface area contributed by atoms with Gasteiger partial charge in [-0.1, -0.05) is 23.7 Å². The lowest BCUT2D eigenvalue weighted by molar-refractivity contribution is -0.114. The van der Waals surface area contributed by atoms with Crippen LogP contribution in [-0.2, 0) is 4.79 Å². The summed E-state index contributed by atoms with van der Waals surface area (Å²) >= 11 is 5.90. The van der Waals surface area contributed by atoms with Crippen molar-refractivity contribution in [2.45, 2.75) is 44.9 Å². The molecule has 0 aromatic heterocycles. The second-order valence-electron chi connectivity index (χ2n) is 7.37. The third-order valence-corrected chi connectivity index (χ3v) is 5.50. The van der Waals surface area contributed by atoms with Crippen LogP contribution in [0.15, 0.2) is 53.5 Å². The van der Waals surface area contributed by atoms with Gasteiger partial charge in [0.15, 0.2) is 0 Å². The molecule has 2 aromatic rings. The summed E-state index contributed by atoms with van der Waals surface area (Å²) in [5.74, 6) is 1.58. The van der Waals surface area contributed by atoms with Crippen molar-refractivity contribution in [3.63, 3.8) is 0 Å². The number of amides is 1. The predicted molar refractivity (Wildman–Crippen MR) is 114 cm³/mol. The molecule has 5 nitrogen and oxygen atoms in total. The number of benzene rings is 2. The fraction of sp³-hybridized carbons (Fsp3) is 0.364. The average Bonchev–Trinajstić information content (AvgIpc) is 2.70. The van der Waals surface area contributed by atoms with E-state index < -0.39 is 0 Å². The van der Waals surface area contributed by atoms with Crippen LogP contribution in [0.1, 0.15) is 50.5 Å². The van der Waals surface area contributed by atoms with E-state index in [2.05, 4.69) is 27.9 Å². The number of aliphatic imine (C=N–C) groups is 1. The molecule has 28 heavy (non-hydrogen) atoms. The van der Waals surface area contributed by atoms with E-state index in [0.717, 1.165) is 43.5 Å². The molecule has 1 aliphatic carbocycles. The number of carbonyl (C=O) groups excluding carboxylic acids is 1. The first-order valence-electron chi connectivity index (χ1n) is 9.64. The van der Waals surface area contributed by atoms with E-state index in [4.69, 9.17) is 11.6 Å². The summed E-state index contributed by atoms with van der Waals surface area (Å²) in [6.07, 6.45) is 5.15. The van der Waals surface area contributed by atoms with Crippen molar-refractivity contribution in [1.29, 1.82) is 0 Å². The maximum absolute atomic E-state index is 11.1. The minimum Gasteiger partial charge on any atom is -0.326 e. The lowest BCUT2D eigenvalue weighted by atomic mass is 9.77. The molecule has 3 N–H and O–H groups in total. The second kappa shape index (κ2) is 9.71. The van der Waals surface area contributed by atoms with Crippen molar-refractivity contribution in [2.75, 3.05) is 5.32 Å². The van der Waals surface area contributed by atoms with Crippen molar-refractivity contribution in [1.82, 2.24) is 5.48 Å². The minimum absolute atomic E-state index is 0.0539. The van der Waals surface area contributed by atoms with Crippen LogP contribution >= 0.6 is 11.6 Å². The van der Waals surface area contributed by atoms with Gasteiger partial charge in [-0.15, -0.1) is 0 Å². The molecule has 6 heteroatoms. The van der Waals surface area contributed by atoms with Gasteiger partial charge in [0, 0.05) is 24.1 Å². The Labute approximate surface area is 170 Å². The lowest BCUT2D eigenvalue weighted by Gasteiger charge is -2.29. The number of hydroxylamine groups is 1. The highest BCUT2D eigenvalue weighted by molar-refractivity contribution is 6.30. The summed E-state index contributed by atoms with van der Waals surface area (Å²) in [5.41, 5.74) is 5.19. The Morgan fingerprint density at radius 2 is 1.71 bits per heavy atom. The van der Waals surface area contributed by atoms with E-state index in [0.29, 0.717) is 22.7 Å². The Balaban J connectivity index is 1.54. The molecule has 0 saturated heterocycles. The van der Waals surface area contributed by atoms with Gasteiger partial charge in [-0.2, -0.15) is 0 Å². The number of carbonyl (C=O) groups is 1. The molecule has 3 rings (SSSR count). The molecule has 0 aliphatic heterocycles. The molecule has 0 atom stereocenters. The summed E-state index contributed by atoms with van der Waals surface area (Å²) in [6.45, 7) is 1.51. The third kappa shape index (κ3) is 5.81. The van der Waals surface area contributed by atoms with E-state index in [-0.39, 0.29) is 5.91 Å². The van der Waals surface area contributed by atoms with Gasteiger partial charge in [0.2, 0.25) is 5.91 Å². The number of nitrogens with zero attached hydrogens (tertiary/aromatic N) is 1. The molecule has 0 heterocycles. The number of amidine groups is 1.